The Hall–Kier alpha value is -1.58. The first-order valence-electron chi connectivity index (χ1n) is 14.8. The topological polar surface area (TPSA) is 52.6 Å². The molecule has 0 heterocycles. The van der Waals surface area contributed by atoms with Gasteiger partial charge in [0.2, 0.25) is 0 Å². The normalized spacial score (nSPS) is 11.5. The van der Waals surface area contributed by atoms with E-state index in [2.05, 4.69) is 26.0 Å². The summed E-state index contributed by atoms with van der Waals surface area (Å²) in [6.07, 6.45) is 32.3. The molecule has 0 fully saturated rings. The zero-order valence-electron chi connectivity index (χ0n) is 23.2. The molecule has 0 amide bonds. The van der Waals surface area contributed by atoms with E-state index in [1.165, 1.54) is 103 Å². The number of esters is 2. The van der Waals surface area contributed by atoms with Gasteiger partial charge in [0.1, 0.15) is 13.2 Å². The van der Waals surface area contributed by atoms with Gasteiger partial charge >= 0.3 is 11.9 Å². The molecule has 4 nitrogen and oxygen atoms in total. The van der Waals surface area contributed by atoms with Crippen molar-refractivity contribution >= 4 is 11.9 Å². The first kappa shape index (κ1) is 33.4. The Balaban J connectivity index is 3.42. The van der Waals surface area contributed by atoms with Gasteiger partial charge in [-0.05, 0) is 32.1 Å². The molecule has 204 valence electrons. The van der Waals surface area contributed by atoms with Crippen molar-refractivity contribution in [1.29, 1.82) is 0 Å². The summed E-state index contributed by atoms with van der Waals surface area (Å²) < 4.78 is 10.4. The lowest BCUT2D eigenvalue weighted by molar-refractivity contribution is -0.144. The Labute approximate surface area is 217 Å². The predicted molar refractivity (Wildman–Crippen MR) is 149 cm³/mol. The molecule has 0 radical (unpaired) electrons. The lowest BCUT2D eigenvalue weighted by Crippen LogP contribution is -2.08. The number of hydrogen-bond donors (Lipinski definition) is 0. The van der Waals surface area contributed by atoms with Gasteiger partial charge in [0.05, 0.1) is 0 Å². The fourth-order valence-corrected chi connectivity index (χ4v) is 3.97. The van der Waals surface area contributed by atoms with Crippen LogP contribution < -0.4 is 0 Å². The van der Waals surface area contributed by atoms with Crippen LogP contribution in [0.1, 0.15) is 149 Å². The number of allylic oxidation sites excluding steroid dienone is 2. The third kappa shape index (κ3) is 28.5. The minimum atomic E-state index is -0.250. The summed E-state index contributed by atoms with van der Waals surface area (Å²) in [7, 11) is 0. The zero-order valence-corrected chi connectivity index (χ0v) is 23.2. The number of rotatable bonds is 26. The highest BCUT2D eigenvalue weighted by Gasteiger charge is 2.06. The highest BCUT2D eigenvalue weighted by molar-refractivity contribution is 5.72. The standard InChI is InChI=1S/C31H56O4/c1-3-5-7-9-11-13-15-17-19-21-23-28-34-30(32)26-25-27-31(33)35-29-24-22-20-18-16-14-12-10-8-6-4-2/h21-24H,3-20,25-29H2,1-2H3. The molecule has 0 spiro atoms. The zero-order chi connectivity index (χ0) is 25.7. The summed E-state index contributed by atoms with van der Waals surface area (Å²) >= 11 is 0. The quantitative estimate of drug-likeness (QED) is 0.0685. The lowest BCUT2D eigenvalue weighted by Gasteiger charge is -2.03. The molecule has 0 N–H and O–H groups in total. The van der Waals surface area contributed by atoms with Gasteiger partial charge in [-0.3, -0.25) is 9.59 Å². The molecule has 35 heavy (non-hydrogen) atoms. The molecule has 0 aromatic heterocycles. The van der Waals surface area contributed by atoms with Gasteiger partial charge in [0.15, 0.2) is 0 Å². The monoisotopic (exact) mass is 492 g/mol. The van der Waals surface area contributed by atoms with E-state index in [1.807, 2.05) is 12.2 Å². The molecule has 0 atom stereocenters. The maximum absolute atomic E-state index is 11.8. The molecule has 0 bridgehead atoms. The number of ether oxygens (including phenoxy) is 2. The molecule has 0 aromatic carbocycles. The van der Waals surface area contributed by atoms with Gasteiger partial charge in [-0.1, -0.05) is 128 Å². The summed E-state index contributed by atoms with van der Waals surface area (Å²) in [5.74, 6) is -0.500. The molecule has 0 aliphatic rings. The van der Waals surface area contributed by atoms with E-state index in [0.29, 0.717) is 19.6 Å². The van der Waals surface area contributed by atoms with Gasteiger partial charge in [-0.2, -0.15) is 0 Å². The second-order valence-corrected chi connectivity index (χ2v) is 9.69. The van der Waals surface area contributed by atoms with E-state index in [0.717, 1.165) is 12.8 Å². The first-order valence-corrected chi connectivity index (χ1v) is 14.8. The minimum absolute atomic E-state index is 0.250. The molecular formula is C31H56O4. The van der Waals surface area contributed by atoms with Crippen LogP contribution in [0.25, 0.3) is 0 Å². The van der Waals surface area contributed by atoms with Crippen LogP contribution in [0.4, 0.5) is 0 Å². The van der Waals surface area contributed by atoms with Gasteiger partial charge in [0.25, 0.3) is 0 Å². The average molecular weight is 493 g/mol. The van der Waals surface area contributed by atoms with Crippen LogP contribution in [0.5, 0.6) is 0 Å². The first-order chi connectivity index (χ1) is 17.2. The van der Waals surface area contributed by atoms with Crippen LogP contribution in [-0.4, -0.2) is 25.2 Å². The van der Waals surface area contributed by atoms with E-state index in [4.69, 9.17) is 9.47 Å². The molecule has 4 heteroatoms. The summed E-state index contributed by atoms with van der Waals surface area (Å²) in [4.78, 5) is 23.5. The van der Waals surface area contributed by atoms with Crippen molar-refractivity contribution in [2.75, 3.05) is 13.2 Å². The number of hydrogen-bond acceptors (Lipinski definition) is 4. The van der Waals surface area contributed by atoms with Crippen molar-refractivity contribution in [3.8, 4) is 0 Å². The van der Waals surface area contributed by atoms with Crippen LogP contribution >= 0.6 is 0 Å². The van der Waals surface area contributed by atoms with Crippen LogP contribution in [0.3, 0.4) is 0 Å². The molecular weight excluding hydrogens is 436 g/mol. The molecule has 0 aromatic rings. The molecule has 0 unspecified atom stereocenters. The van der Waals surface area contributed by atoms with Crippen LogP contribution in [0.15, 0.2) is 24.3 Å². The molecule has 0 aliphatic heterocycles. The Kier molecular flexibility index (Phi) is 27.4. The SMILES string of the molecule is CCCCCCCCCCC=CCOC(=O)CCCC(=O)OCC=CCCCCCCCCCC. The summed E-state index contributed by atoms with van der Waals surface area (Å²) in [6.45, 7) is 5.14. The Morgan fingerprint density at radius 1 is 0.457 bits per heavy atom. The van der Waals surface area contributed by atoms with Crippen molar-refractivity contribution in [3.05, 3.63) is 24.3 Å². The van der Waals surface area contributed by atoms with Gasteiger partial charge < -0.3 is 9.47 Å². The third-order valence-electron chi connectivity index (χ3n) is 6.22. The number of carbonyl (C=O) groups is 2. The number of carbonyl (C=O) groups excluding carboxylic acids is 2. The maximum Gasteiger partial charge on any atom is 0.306 e. The van der Waals surface area contributed by atoms with Gasteiger partial charge in [0, 0.05) is 12.8 Å². The van der Waals surface area contributed by atoms with Crippen molar-refractivity contribution < 1.29 is 19.1 Å². The van der Waals surface area contributed by atoms with E-state index >= 15 is 0 Å². The molecule has 0 saturated heterocycles. The van der Waals surface area contributed by atoms with Crippen LogP contribution in [0.2, 0.25) is 0 Å². The highest BCUT2D eigenvalue weighted by atomic mass is 16.5. The lowest BCUT2D eigenvalue weighted by atomic mass is 10.1. The Bertz CT molecular complexity index is 478. The summed E-state index contributed by atoms with van der Waals surface area (Å²) in [5, 5.41) is 0. The Morgan fingerprint density at radius 3 is 1.17 bits per heavy atom. The van der Waals surface area contributed by atoms with Crippen molar-refractivity contribution in [2.45, 2.75) is 149 Å². The van der Waals surface area contributed by atoms with Crippen molar-refractivity contribution in [1.82, 2.24) is 0 Å². The van der Waals surface area contributed by atoms with Gasteiger partial charge in [-0.25, -0.2) is 0 Å². The summed E-state index contributed by atoms with van der Waals surface area (Å²) in [5.41, 5.74) is 0. The highest BCUT2D eigenvalue weighted by Crippen LogP contribution is 2.11. The second kappa shape index (κ2) is 28.7. The van der Waals surface area contributed by atoms with Crippen LogP contribution in [0, 0.1) is 0 Å². The average Bonchev–Trinajstić information content (AvgIpc) is 2.85. The smallest absolute Gasteiger partial charge is 0.306 e. The fraction of sp³-hybridized carbons (Fsp3) is 0.806. The second-order valence-electron chi connectivity index (χ2n) is 9.69. The van der Waals surface area contributed by atoms with Crippen LogP contribution in [-0.2, 0) is 19.1 Å². The van der Waals surface area contributed by atoms with E-state index < -0.39 is 0 Å². The Morgan fingerprint density at radius 2 is 0.800 bits per heavy atom. The minimum Gasteiger partial charge on any atom is -0.461 e. The predicted octanol–water partition coefficient (Wildman–Crippen LogP) is 9.42. The molecule has 0 rings (SSSR count). The maximum atomic E-state index is 11.8. The van der Waals surface area contributed by atoms with Crippen molar-refractivity contribution in [2.24, 2.45) is 0 Å². The largest absolute Gasteiger partial charge is 0.461 e. The molecule has 0 aliphatic carbocycles. The number of unbranched alkanes of at least 4 members (excludes halogenated alkanes) is 16. The fourth-order valence-electron chi connectivity index (χ4n) is 3.97. The van der Waals surface area contributed by atoms with Crippen molar-refractivity contribution in [3.63, 3.8) is 0 Å². The van der Waals surface area contributed by atoms with Gasteiger partial charge in [-0.15, -0.1) is 0 Å². The van der Waals surface area contributed by atoms with E-state index in [9.17, 15) is 9.59 Å². The molecule has 0 saturated carbocycles. The van der Waals surface area contributed by atoms with E-state index in [1.54, 1.807) is 0 Å². The van der Waals surface area contributed by atoms with E-state index in [-0.39, 0.29) is 24.8 Å². The summed E-state index contributed by atoms with van der Waals surface area (Å²) in [6, 6.07) is 0. The third-order valence-corrected chi connectivity index (χ3v) is 6.22.